The van der Waals surface area contributed by atoms with Gasteiger partial charge in [-0.1, -0.05) is 104 Å². The van der Waals surface area contributed by atoms with E-state index in [1.165, 1.54) is 0 Å². The summed E-state index contributed by atoms with van der Waals surface area (Å²) in [7, 11) is 0. The molecule has 0 saturated heterocycles. The number of alkyl carbamates (subject to hydrolysis) is 1. The number of hydrogen-bond acceptors (Lipinski definition) is 5. The molecular weight excluding hydrogens is 532 g/mol. The van der Waals surface area contributed by atoms with E-state index in [-0.39, 0.29) is 26.0 Å². The van der Waals surface area contributed by atoms with Gasteiger partial charge in [0.15, 0.2) is 0 Å². The lowest BCUT2D eigenvalue weighted by atomic mass is 9.95. The average molecular weight is 568 g/mol. The summed E-state index contributed by atoms with van der Waals surface area (Å²) in [5.41, 5.74) is 1.91. The van der Waals surface area contributed by atoms with Gasteiger partial charge in [0.2, 0.25) is 5.91 Å². The second kappa shape index (κ2) is 15.5. The number of aliphatic hydroxyl groups excluding tert-OH is 1. The molecule has 0 radical (unpaired) electrons. The fourth-order valence-corrected chi connectivity index (χ4v) is 4.14. The number of carbonyl (C=O) groups is 3. The minimum Gasteiger partial charge on any atom is -0.445 e. The van der Waals surface area contributed by atoms with Gasteiger partial charge in [0, 0.05) is 6.54 Å². The number of benzene rings is 3. The maximum Gasteiger partial charge on any atom is 0.408 e. The molecule has 0 spiro atoms. The monoisotopic (exact) mass is 567 g/mol. The first-order valence-electron chi connectivity index (χ1n) is 13.4. The summed E-state index contributed by atoms with van der Waals surface area (Å²) in [5, 5.41) is 17.9. The van der Waals surface area contributed by atoms with Crippen LogP contribution in [0.15, 0.2) is 91.0 Å². The first-order valence-corrected chi connectivity index (χ1v) is 13.4. The highest BCUT2D eigenvalue weighted by Crippen LogP contribution is 2.24. The van der Waals surface area contributed by atoms with E-state index in [1.807, 2.05) is 6.07 Å². The van der Waals surface area contributed by atoms with Crippen molar-refractivity contribution in [2.45, 2.75) is 63.4 Å². The van der Waals surface area contributed by atoms with E-state index >= 15 is 8.78 Å². The second-order valence-corrected chi connectivity index (χ2v) is 9.59. The molecule has 41 heavy (non-hydrogen) atoms. The van der Waals surface area contributed by atoms with Crippen LogP contribution in [-0.2, 0) is 33.9 Å². The summed E-state index contributed by atoms with van der Waals surface area (Å²) in [6.07, 6.45) is -2.93. The summed E-state index contributed by atoms with van der Waals surface area (Å²) in [5.74, 6) is -6.69. The maximum atomic E-state index is 15.2. The normalized spacial score (nSPS) is 13.4. The van der Waals surface area contributed by atoms with E-state index < -0.39 is 42.0 Å². The molecule has 8 nitrogen and oxygen atoms in total. The van der Waals surface area contributed by atoms with Crippen LogP contribution in [-0.4, -0.2) is 47.1 Å². The Balaban J connectivity index is 1.71. The van der Waals surface area contributed by atoms with E-state index in [1.54, 1.807) is 91.9 Å². The quantitative estimate of drug-likeness (QED) is 0.234. The minimum absolute atomic E-state index is 0.0210. The molecule has 3 aromatic rings. The number of carbonyl (C=O) groups excluding carboxylic acids is 3. The van der Waals surface area contributed by atoms with Crippen LogP contribution < -0.4 is 16.0 Å². The number of rotatable bonds is 14. The van der Waals surface area contributed by atoms with Crippen LogP contribution in [0.4, 0.5) is 13.6 Å². The summed E-state index contributed by atoms with van der Waals surface area (Å²) < 4.78 is 35.7. The SMILES string of the molecule is CCC[C@H](NC(=O)OCc1ccccc1)C(=O)NC(Cc1ccccc1)C(O)C(F)(F)C(=O)NCc1ccccc1. The zero-order valence-corrected chi connectivity index (χ0v) is 22.8. The van der Waals surface area contributed by atoms with Crippen LogP contribution >= 0.6 is 0 Å². The first kappa shape index (κ1) is 31.2. The number of ether oxygens (including phenoxy) is 1. The Morgan fingerprint density at radius 1 is 0.829 bits per heavy atom. The number of hydrogen-bond donors (Lipinski definition) is 4. The topological polar surface area (TPSA) is 117 Å². The molecule has 3 rings (SSSR count). The molecule has 0 saturated carbocycles. The van der Waals surface area contributed by atoms with Crippen LogP contribution in [0, 0.1) is 0 Å². The van der Waals surface area contributed by atoms with Crippen LogP contribution in [0.3, 0.4) is 0 Å². The summed E-state index contributed by atoms with van der Waals surface area (Å²) in [6, 6.07) is 23.2. The third-order valence-electron chi connectivity index (χ3n) is 6.38. The summed E-state index contributed by atoms with van der Waals surface area (Å²) in [6.45, 7) is 1.61. The van der Waals surface area contributed by atoms with Gasteiger partial charge in [-0.15, -0.1) is 0 Å². The van der Waals surface area contributed by atoms with Gasteiger partial charge in [-0.05, 0) is 29.5 Å². The van der Waals surface area contributed by atoms with Crippen molar-refractivity contribution in [1.82, 2.24) is 16.0 Å². The van der Waals surface area contributed by atoms with Crippen molar-refractivity contribution in [2.24, 2.45) is 0 Å². The zero-order valence-electron chi connectivity index (χ0n) is 22.8. The highest BCUT2D eigenvalue weighted by molar-refractivity contribution is 5.87. The smallest absolute Gasteiger partial charge is 0.408 e. The van der Waals surface area contributed by atoms with Crippen molar-refractivity contribution in [3.8, 4) is 0 Å². The number of alkyl halides is 2. The molecule has 2 unspecified atom stereocenters. The minimum atomic E-state index is -4.23. The first-order chi connectivity index (χ1) is 19.7. The zero-order chi connectivity index (χ0) is 29.7. The molecule has 0 aliphatic carbocycles. The lowest BCUT2D eigenvalue weighted by Gasteiger charge is -2.31. The third-order valence-corrected chi connectivity index (χ3v) is 6.38. The lowest BCUT2D eigenvalue weighted by molar-refractivity contribution is -0.168. The predicted molar refractivity (Wildman–Crippen MR) is 150 cm³/mol. The van der Waals surface area contributed by atoms with Gasteiger partial charge in [-0.3, -0.25) is 9.59 Å². The standard InChI is InChI=1S/C31H35F2N3O5/c1-2-12-25(36-30(40)41-21-24-17-10-5-11-18-24)28(38)35-26(19-22-13-6-3-7-14-22)27(37)31(32,33)29(39)34-20-23-15-8-4-9-16-23/h3-11,13-18,25-27,37H,2,12,19-21H2,1H3,(H,34,39)(H,35,38)(H,36,40)/t25-,26?,27?/m0/s1. The highest BCUT2D eigenvalue weighted by atomic mass is 19.3. The van der Waals surface area contributed by atoms with Gasteiger partial charge in [0.1, 0.15) is 18.8 Å². The van der Waals surface area contributed by atoms with Crippen molar-refractivity contribution < 1.29 is 33.0 Å². The molecule has 0 bridgehead atoms. The van der Waals surface area contributed by atoms with Gasteiger partial charge >= 0.3 is 12.0 Å². The number of nitrogens with one attached hydrogen (secondary N) is 3. The molecule has 0 aromatic heterocycles. The molecule has 3 amide bonds. The van der Waals surface area contributed by atoms with E-state index in [0.29, 0.717) is 17.5 Å². The number of aliphatic hydroxyl groups is 1. The molecule has 4 N–H and O–H groups in total. The average Bonchev–Trinajstić information content (AvgIpc) is 2.99. The largest absolute Gasteiger partial charge is 0.445 e. The van der Waals surface area contributed by atoms with Gasteiger partial charge in [-0.2, -0.15) is 8.78 Å². The highest BCUT2D eigenvalue weighted by Gasteiger charge is 2.50. The third kappa shape index (κ3) is 9.68. The summed E-state index contributed by atoms with van der Waals surface area (Å²) in [4.78, 5) is 38.1. The Kier molecular flexibility index (Phi) is 11.8. The van der Waals surface area contributed by atoms with Gasteiger partial charge < -0.3 is 25.8 Å². The molecule has 3 aromatic carbocycles. The van der Waals surface area contributed by atoms with Crippen LogP contribution in [0.5, 0.6) is 0 Å². The molecule has 3 atom stereocenters. The van der Waals surface area contributed by atoms with Crippen molar-refractivity contribution in [2.75, 3.05) is 0 Å². The molecule has 218 valence electrons. The van der Waals surface area contributed by atoms with Gasteiger partial charge in [-0.25, -0.2) is 4.79 Å². The fourth-order valence-electron chi connectivity index (χ4n) is 4.14. The number of amides is 3. The van der Waals surface area contributed by atoms with Gasteiger partial charge in [0.05, 0.1) is 6.04 Å². The molecule has 0 heterocycles. The number of halogens is 2. The molecule has 0 aliphatic heterocycles. The van der Waals surface area contributed by atoms with Crippen LogP contribution in [0.1, 0.15) is 36.5 Å². The summed E-state index contributed by atoms with van der Waals surface area (Å²) >= 11 is 0. The molecular formula is C31H35F2N3O5. The van der Waals surface area contributed by atoms with Crippen molar-refractivity contribution in [3.05, 3.63) is 108 Å². The van der Waals surface area contributed by atoms with Gasteiger partial charge in [0.25, 0.3) is 5.91 Å². The van der Waals surface area contributed by atoms with E-state index in [2.05, 4.69) is 16.0 Å². The van der Waals surface area contributed by atoms with Crippen LogP contribution in [0.2, 0.25) is 0 Å². The Morgan fingerprint density at radius 3 is 1.93 bits per heavy atom. The molecule has 10 heteroatoms. The predicted octanol–water partition coefficient (Wildman–Crippen LogP) is 4.12. The second-order valence-electron chi connectivity index (χ2n) is 9.59. The van der Waals surface area contributed by atoms with E-state index in [4.69, 9.17) is 4.74 Å². The van der Waals surface area contributed by atoms with E-state index in [9.17, 15) is 19.5 Å². The Morgan fingerprint density at radius 2 is 1.37 bits per heavy atom. The molecule has 0 aliphatic rings. The van der Waals surface area contributed by atoms with E-state index in [0.717, 1.165) is 5.56 Å². The van der Waals surface area contributed by atoms with Crippen LogP contribution in [0.25, 0.3) is 0 Å². The molecule has 0 fully saturated rings. The fraction of sp³-hybridized carbons (Fsp3) is 0.323. The Labute approximate surface area is 238 Å². The van der Waals surface area contributed by atoms with Crippen molar-refractivity contribution in [1.29, 1.82) is 0 Å². The lowest BCUT2D eigenvalue weighted by Crippen LogP contribution is -2.60. The maximum absolute atomic E-state index is 15.2. The Hall–Kier alpha value is -4.31. The Bertz CT molecular complexity index is 1250. The van der Waals surface area contributed by atoms with Crippen molar-refractivity contribution in [3.63, 3.8) is 0 Å². The van der Waals surface area contributed by atoms with Crippen molar-refractivity contribution >= 4 is 17.9 Å².